The lowest BCUT2D eigenvalue weighted by Crippen LogP contribution is -2.25. The van der Waals surface area contributed by atoms with E-state index in [0.29, 0.717) is 0 Å². The van der Waals surface area contributed by atoms with Gasteiger partial charge in [-0.1, -0.05) is 6.92 Å². The second-order valence-corrected chi connectivity index (χ2v) is 4.75. The summed E-state index contributed by atoms with van der Waals surface area (Å²) in [5.41, 5.74) is 3.22. The zero-order chi connectivity index (χ0) is 14.7. The molecule has 0 amide bonds. The van der Waals surface area contributed by atoms with Crippen molar-refractivity contribution in [3.8, 4) is 5.75 Å². The Balaban J connectivity index is 2.53. The first-order valence-electron chi connectivity index (χ1n) is 6.95. The van der Waals surface area contributed by atoms with E-state index >= 15 is 0 Å². The fourth-order valence-corrected chi connectivity index (χ4v) is 2.54. The summed E-state index contributed by atoms with van der Waals surface area (Å²) in [7, 11) is 3.62. The average molecular weight is 277 g/mol. The van der Waals surface area contributed by atoms with Gasteiger partial charge in [0.25, 0.3) is 0 Å². The second kappa shape index (κ2) is 6.09. The Morgan fingerprint density at radius 1 is 1.40 bits per heavy atom. The van der Waals surface area contributed by atoms with E-state index in [9.17, 15) is 0 Å². The molecule has 1 atom stereocenters. The van der Waals surface area contributed by atoms with Gasteiger partial charge in [-0.3, -0.25) is 9.36 Å². The van der Waals surface area contributed by atoms with E-state index in [0.717, 1.165) is 35.8 Å². The largest absolute Gasteiger partial charge is 0.493 e. The van der Waals surface area contributed by atoms with Gasteiger partial charge in [0.1, 0.15) is 5.69 Å². The number of hydrogen-bond donors (Lipinski definition) is 1. The fraction of sp³-hybridized carbons (Fsp3) is 0.571. The lowest BCUT2D eigenvalue weighted by Gasteiger charge is -2.20. The lowest BCUT2D eigenvalue weighted by molar-refractivity contribution is 0.399. The van der Waals surface area contributed by atoms with Crippen molar-refractivity contribution < 1.29 is 4.74 Å². The molecule has 6 heteroatoms. The number of hydrogen-bond acceptors (Lipinski definition) is 4. The molecule has 0 spiro atoms. The van der Waals surface area contributed by atoms with Crippen LogP contribution in [0.15, 0.2) is 12.4 Å². The Bertz CT molecular complexity index is 551. The molecule has 0 bridgehead atoms. The Hall–Kier alpha value is -1.82. The highest BCUT2D eigenvalue weighted by atomic mass is 16.5. The van der Waals surface area contributed by atoms with Crippen LogP contribution in [-0.4, -0.2) is 33.2 Å². The molecule has 110 valence electrons. The molecule has 2 aromatic rings. The number of rotatable bonds is 6. The molecule has 0 saturated heterocycles. The van der Waals surface area contributed by atoms with Gasteiger partial charge in [-0.15, -0.1) is 0 Å². The number of aromatic nitrogens is 4. The van der Waals surface area contributed by atoms with Crippen LogP contribution in [0, 0.1) is 6.92 Å². The minimum Gasteiger partial charge on any atom is -0.493 e. The van der Waals surface area contributed by atoms with Gasteiger partial charge in [0.15, 0.2) is 5.75 Å². The van der Waals surface area contributed by atoms with E-state index in [1.54, 1.807) is 13.3 Å². The van der Waals surface area contributed by atoms with Crippen molar-refractivity contribution in [1.82, 2.24) is 24.9 Å². The number of nitrogens with one attached hydrogen (secondary N) is 1. The number of nitrogens with zero attached hydrogens (tertiary/aromatic N) is 4. The minimum absolute atomic E-state index is 0.0334. The van der Waals surface area contributed by atoms with Crippen LogP contribution in [0.5, 0.6) is 5.75 Å². The fourth-order valence-electron chi connectivity index (χ4n) is 2.54. The van der Waals surface area contributed by atoms with Gasteiger partial charge >= 0.3 is 0 Å². The third-order valence-electron chi connectivity index (χ3n) is 3.41. The third-order valence-corrected chi connectivity index (χ3v) is 3.41. The molecule has 1 N–H and O–H groups in total. The minimum atomic E-state index is 0.0334. The summed E-state index contributed by atoms with van der Waals surface area (Å²) < 4.78 is 9.28. The molecule has 0 aliphatic rings. The SMILES string of the molecule is CCNC(c1cn(C)nc1C)c1c(OC)cnn1CC. The van der Waals surface area contributed by atoms with Crippen LogP contribution >= 0.6 is 0 Å². The van der Waals surface area contributed by atoms with Crippen molar-refractivity contribution in [1.29, 1.82) is 0 Å². The molecule has 0 aromatic carbocycles. The van der Waals surface area contributed by atoms with Gasteiger partial charge in [0, 0.05) is 25.4 Å². The molecule has 0 fully saturated rings. The smallest absolute Gasteiger partial charge is 0.161 e. The van der Waals surface area contributed by atoms with Crippen molar-refractivity contribution in [2.75, 3.05) is 13.7 Å². The number of ether oxygens (including phenoxy) is 1. The molecular formula is C14H23N5O. The highest BCUT2D eigenvalue weighted by Crippen LogP contribution is 2.31. The topological polar surface area (TPSA) is 56.9 Å². The van der Waals surface area contributed by atoms with Crippen molar-refractivity contribution in [2.45, 2.75) is 33.4 Å². The quantitative estimate of drug-likeness (QED) is 0.872. The summed E-state index contributed by atoms with van der Waals surface area (Å²) in [6.07, 6.45) is 3.82. The maximum atomic E-state index is 5.47. The standard InChI is InChI=1S/C14H23N5O/c1-6-15-13(11-9-18(4)17-10(11)3)14-12(20-5)8-16-19(14)7-2/h8-9,13,15H,6-7H2,1-5H3. The van der Waals surface area contributed by atoms with Crippen LogP contribution in [0.25, 0.3) is 0 Å². The van der Waals surface area contributed by atoms with E-state index in [-0.39, 0.29) is 6.04 Å². The lowest BCUT2D eigenvalue weighted by atomic mass is 10.0. The highest BCUT2D eigenvalue weighted by molar-refractivity contribution is 5.37. The summed E-state index contributed by atoms with van der Waals surface area (Å²) in [6.45, 7) is 7.86. The van der Waals surface area contributed by atoms with E-state index in [1.807, 2.05) is 23.3 Å². The summed E-state index contributed by atoms with van der Waals surface area (Å²) in [5.74, 6) is 0.807. The molecule has 0 aliphatic heterocycles. The highest BCUT2D eigenvalue weighted by Gasteiger charge is 2.25. The molecule has 0 aliphatic carbocycles. The zero-order valence-corrected chi connectivity index (χ0v) is 12.8. The Kier molecular flexibility index (Phi) is 4.44. The van der Waals surface area contributed by atoms with Crippen LogP contribution in [-0.2, 0) is 13.6 Å². The van der Waals surface area contributed by atoms with Gasteiger partial charge < -0.3 is 10.1 Å². The van der Waals surface area contributed by atoms with Gasteiger partial charge in [0.2, 0.25) is 0 Å². The summed E-state index contributed by atoms with van der Waals surface area (Å²) in [4.78, 5) is 0. The van der Waals surface area contributed by atoms with Crippen molar-refractivity contribution in [3.05, 3.63) is 29.3 Å². The molecule has 1 unspecified atom stereocenters. The second-order valence-electron chi connectivity index (χ2n) is 4.75. The summed E-state index contributed by atoms with van der Waals surface area (Å²) in [6, 6.07) is 0.0334. The maximum Gasteiger partial charge on any atom is 0.161 e. The predicted molar refractivity (Wildman–Crippen MR) is 77.9 cm³/mol. The molecule has 20 heavy (non-hydrogen) atoms. The number of aryl methyl sites for hydroxylation is 3. The van der Waals surface area contributed by atoms with Crippen LogP contribution in [0.4, 0.5) is 0 Å². The summed E-state index contributed by atoms with van der Waals surface area (Å²) >= 11 is 0. The van der Waals surface area contributed by atoms with E-state index in [4.69, 9.17) is 4.74 Å². The molecule has 2 aromatic heterocycles. The van der Waals surface area contributed by atoms with Crippen molar-refractivity contribution >= 4 is 0 Å². The van der Waals surface area contributed by atoms with Crippen LogP contribution in [0.2, 0.25) is 0 Å². The van der Waals surface area contributed by atoms with Gasteiger partial charge in [-0.2, -0.15) is 10.2 Å². The van der Waals surface area contributed by atoms with E-state index < -0.39 is 0 Å². The van der Waals surface area contributed by atoms with Gasteiger partial charge in [-0.05, 0) is 20.4 Å². The molecular weight excluding hydrogens is 254 g/mol. The van der Waals surface area contributed by atoms with E-state index in [1.165, 1.54) is 0 Å². The first-order chi connectivity index (χ1) is 9.62. The van der Waals surface area contributed by atoms with Crippen molar-refractivity contribution in [3.63, 3.8) is 0 Å². The normalized spacial score (nSPS) is 12.7. The first-order valence-corrected chi connectivity index (χ1v) is 6.95. The molecule has 0 saturated carbocycles. The molecule has 2 heterocycles. The molecule has 2 rings (SSSR count). The average Bonchev–Trinajstić information content (AvgIpc) is 2.98. The molecule has 0 radical (unpaired) electrons. The third kappa shape index (κ3) is 2.56. The van der Waals surface area contributed by atoms with Gasteiger partial charge in [0.05, 0.1) is 25.0 Å². The summed E-state index contributed by atoms with van der Waals surface area (Å²) in [5, 5.41) is 12.3. The van der Waals surface area contributed by atoms with Crippen molar-refractivity contribution in [2.24, 2.45) is 7.05 Å². The Morgan fingerprint density at radius 2 is 2.15 bits per heavy atom. The Morgan fingerprint density at radius 3 is 2.65 bits per heavy atom. The maximum absolute atomic E-state index is 5.47. The van der Waals surface area contributed by atoms with Crippen LogP contribution < -0.4 is 10.1 Å². The van der Waals surface area contributed by atoms with Gasteiger partial charge in [-0.25, -0.2) is 0 Å². The van der Waals surface area contributed by atoms with Crippen LogP contribution in [0.1, 0.15) is 36.8 Å². The first kappa shape index (κ1) is 14.6. The predicted octanol–water partition coefficient (Wildman–Crippen LogP) is 1.65. The molecule has 6 nitrogen and oxygen atoms in total. The Labute approximate surface area is 119 Å². The monoisotopic (exact) mass is 277 g/mol. The van der Waals surface area contributed by atoms with E-state index in [2.05, 4.69) is 35.6 Å². The zero-order valence-electron chi connectivity index (χ0n) is 12.8. The van der Waals surface area contributed by atoms with Crippen LogP contribution in [0.3, 0.4) is 0 Å². The number of methoxy groups -OCH3 is 1.